The fourth-order valence-corrected chi connectivity index (χ4v) is 4.57. The van der Waals surface area contributed by atoms with E-state index in [0.29, 0.717) is 25.1 Å². The van der Waals surface area contributed by atoms with Gasteiger partial charge in [0.25, 0.3) is 0 Å². The molecule has 5 heteroatoms. The zero-order valence-electron chi connectivity index (χ0n) is 19.6. The standard InChI is InChI=1S/C28H32N2O2S/c1-21-13-15-25(16-14-21)33-18-17-27(31)30(20-24-12-8-7-9-22(24)2)26(28(32)29-3)19-23-10-5-4-6-11-23/h4-16,26H,17-20H2,1-3H3,(H,29,32)/t26-/m0/s1. The zero-order valence-corrected chi connectivity index (χ0v) is 20.4. The topological polar surface area (TPSA) is 49.4 Å². The second kappa shape index (κ2) is 12.3. The summed E-state index contributed by atoms with van der Waals surface area (Å²) in [5, 5.41) is 2.77. The number of amides is 2. The van der Waals surface area contributed by atoms with Gasteiger partial charge >= 0.3 is 0 Å². The van der Waals surface area contributed by atoms with Crippen molar-refractivity contribution >= 4 is 23.6 Å². The summed E-state index contributed by atoms with van der Waals surface area (Å²) in [6.07, 6.45) is 0.843. The molecule has 0 spiro atoms. The van der Waals surface area contributed by atoms with E-state index in [9.17, 15) is 9.59 Å². The van der Waals surface area contributed by atoms with Gasteiger partial charge in [0.1, 0.15) is 6.04 Å². The summed E-state index contributed by atoms with van der Waals surface area (Å²) in [7, 11) is 1.63. The van der Waals surface area contributed by atoms with Crippen LogP contribution >= 0.6 is 11.8 Å². The van der Waals surface area contributed by atoms with Gasteiger partial charge < -0.3 is 10.2 Å². The van der Waals surface area contributed by atoms with Crippen LogP contribution < -0.4 is 5.32 Å². The molecular weight excluding hydrogens is 428 g/mol. The fourth-order valence-electron chi connectivity index (χ4n) is 3.73. The third-order valence-electron chi connectivity index (χ3n) is 5.73. The van der Waals surface area contributed by atoms with E-state index in [1.165, 1.54) is 5.56 Å². The average Bonchev–Trinajstić information content (AvgIpc) is 2.83. The third kappa shape index (κ3) is 7.22. The lowest BCUT2D eigenvalue weighted by molar-refractivity contribution is -0.140. The Labute approximate surface area is 201 Å². The highest BCUT2D eigenvalue weighted by Crippen LogP contribution is 2.22. The van der Waals surface area contributed by atoms with E-state index in [-0.39, 0.29) is 11.8 Å². The van der Waals surface area contributed by atoms with Crippen molar-refractivity contribution in [3.8, 4) is 0 Å². The van der Waals surface area contributed by atoms with Gasteiger partial charge in [-0.1, -0.05) is 72.3 Å². The summed E-state index contributed by atoms with van der Waals surface area (Å²) in [5.74, 6) is 0.507. The van der Waals surface area contributed by atoms with Crippen LogP contribution in [0, 0.1) is 13.8 Å². The minimum absolute atomic E-state index is 0.0117. The van der Waals surface area contributed by atoms with Crippen LogP contribution in [0.5, 0.6) is 0 Å². The number of hydrogen-bond donors (Lipinski definition) is 1. The lowest BCUT2D eigenvalue weighted by Gasteiger charge is -2.31. The average molecular weight is 461 g/mol. The SMILES string of the molecule is CNC(=O)[C@H](Cc1ccccc1)N(Cc1ccccc1C)C(=O)CCSc1ccc(C)cc1. The van der Waals surface area contributed by atoms with Crippen LogP contribution in [0.3, 0.4) is 0 Å². The highest BCUT2D eigenvalue weighted by atomic mass is 32.2. The quantitative estimate of drug-likeness (QED) is 0.425. The number of carbonyl (C=O) groups excluding carboxylic acids is 2. The molecule has 0 aliphatic rings. The van der Waals surface area contributed by atoms with Gasteiger partial charge in [0.15, 0.2) is 0 Å². The number of thioether (sulfide) groups is 1. The summed E-state index contributed by atoms with van der Waals surface area (Å²) in [5.41, 5.74) is 4.41. The van der Waals surface area contributed by atoms with Crippen molar-refractivity contribution in [2.45, 2.75) is 44.2 Å². The van der Waals surface area contributed by atoms with E-state index >= 15 is 0 Å². The number of aryl methyl sites for hydroxylation is 2. The number of rotatable bonds is 10. The molecule has 3 aromatic carbocycles. The Morgan fingerprint density at radius 3 is 2.24 bits per heavy atom. The lowest BCUT2D eigenvalue weighted by Crippen LogP contribution is -2.49. The molecule has 0 aliphatic carbocycles. The maximum absolute atomic E-state index is 13.5. The molecule has 0 fully saturated rings. The van der Waals surface area contributed by atoms with Crippen LogP contribution in [-0.2, 0) is 22.6 Å². The molecule has 0 unspecified atom stereocenters. The van der Waals surface area contributed by atoms with E-state index in [4.69, 9.17) is 0 Å². The molecule has 3 aromatic rings. The van der Waals surface area contributed by atoms with Crippen molar-refractivity contribution in [3.63, 3.8) is 0 Å². The highest BCUT2D eigenvalue weighted by molar-refractivity contribution is 7.99. The molecule has 0 heterocycles. The van der Waals surface area contributed by atoms with Crippen LogP contribution in [0.1, 0.15) is 28.7 Å². The first-order valence-electron chi connectivity index (χ1n) is 11.3. The number of carbonyl (C=O) groups is 2. The molecule has 1 N–H and O–H groups in total. The summed E-state index contributed by atoms with van der Waals surface area (Å²) in [6.45, 7) is 4.51. The predicted octanol–water partition coefficient (Wildman–Crippen LogP) is 5.17. The molecular formula is C28H32N2O2S. The number of hydrogen-bond acceptors (Lipinski definition) is 3. The lowest BCUT2D eigenvalue weighted by atomic mass is 10.0. The van der Waals surface area contributed by atoms with Gasteiger partial charge in [-0.25, -0.2) is 0 Å². The van der Waals surface area contributed by atoms with E-state index in [0.717, 1.165) is 21.6 Å². The first kappa shape index (κ1) is 24.6. The van der Waals surface area contributed by atoms with Gasteiger partial charge in [-0.15, -0.1) is 11.8 Å². The predicted molar refractivity (Wildman–Crippen MR) is 136 cm³/mol. The summed E-state index contributed by atoms with van der Waals surface area (Å²) in [6, 6.07) is 25.7. The van der Waals surface area contributed by atoms with Gasteiger partial charge in [-0.2, -0.15) is 0 Å². The van der Waals surface area contributed by atoms with Gasteiger partial charge in [0.05, 0.1) is 0 Å². The van der Waals surface area contributed by atoms with Crippen LogP contribution in [0.15, 0.2) is 83.8 Å². The number of nitrogens with zero attached hydrogens (tertiary/aromatic N) is 1. The van der Waals surface area contributed by atoms with Crippen LogP contribution in [0.25, 0.3) is 0 Å². The molecule has 4 nitrogen and oxygen atoms in total. The second-order valence-electron chi connectivity index (χ2n) is 8.18. The minimum Gasteiger partial charge on any atom is -0.357 e. The van der Waals surface area contributed by atoms with Crippen molar-refractivity contribution in [1.82, 2.24) is 10.2 Å². The zero-order chi connectivity index (χ0) is 23.6. The van der Waals surface area contributed by atoms with E-state index in [1.54, 1.807) is 23.7 Å². The highest BCUT2D eigenvalue weighted by Gasteiger charge is 2.29. The Morgan fingerprint density at radius 2 is 1.58 bits per heavy atom. The van der Waals surface area contributed by atoms with Crippen molar-refractivity contribution in [3.05, 3.63) is 101 Å². The Bertz CT molecular complexity index is 1050. The first-order valence-corrected chi connectivity index (χ1v) is 12.3. The fraction of sp³-hybridized carbons (Fsp3) is 0.286. The monoisotopic (exact) mass is 460 g/mol. The van der Waals surface area contributed by atoms with E-state index in [1.807, 2.05) is 61.5 Å². The van der Waals surface area contributed by atoms with Gasteiger partial charge in [0.2, 0.25) is 11.8 Å². The number of nitrogens with one attached hydrogen (secondary N) is 1. The van der Waals surface area contributed by atoms with Crippen molar-refractivity contribution in [1.29, 1.82) is 0 Å². The van der Waals surface area contributed by atoms with Gasteiger partial charge in [0, 0.05) is 37.1 Å². The third-order valence-corrected chi connectivity index (χ3v) is 6.74. The minimum atomic E-state index is -0.575. The second-order valence-corrected chi connectivity index (χ2v) is 9.35. The maximum atomic E-state index is 13.5. The van der Waals surface area contributed by atoms with Crippen molar-refractivity contribution in [2.24, 2.45) is 0 Å². The Kier molecular flexibility index (Phi) is 9.14. The molecule has 1 atom stereocenters. The molecule has 172 valence electrons. The number of benzene rings is 3. The normalized spacial score (nSPS) is 11.6. The Balaban J connectivity index is 1.81. The molecule has 0 radical (unpaired) electrons. The molecule has 3 rings (SSSR count). The molecule has 0 aliphatic heterocycles. The van der Waals surface area contributed by atoms with Gasteiger partial charge in [-0.3, -0.25) is 9.59 Å². The molecule has 0 saturated heterocycles. The first-order chi connectivity index (χ1) is 16.0. The number of likely N-dealkylation sites (N-methyl/N-ethyl adjacent to an activating group) is 1. The van der Waals surface area contributed by atoms with E-state index in [2.05, 4.69) is 36.5 Å². The smallest absolute Gasteiger partial charge is 0.242 e. The summed E-state index contributed by atoms with van der Waals surface area (Å²) < 4.78 is 0. The largest absolute Gasteiger partial charge is 0.357 e. The van der Waals surface area contributed by atoms with Crippen molar-refractivity contribution in [2.75, 3.05) is 12.8 Å². The maximum Gasteiger partial charge on any atom is 0.242 e. The van der Waals surface area contributed by atoms with Crippen LogP contribution in [0.4, 0.5) is 0 Å². The molecule has 0 saturated carbocycles. The Morgan fingerprint density at radius 1 is 0.909 bits per heavy atom. The molecule has 0 aromatic heterocycles. The Hall–Kier alpha value is -3.05. The molecule has 33 heavy (non-hydrogen) atoms. The van der Waals surface area contributed by atoms with Crippen LogP contribution in [-0.4, -0.2) is 35.6 Å². The van der Waals surface area contributed by atoms with Gasteiger partial charge in [-0.05, 0) is 42.7 Å². The van der Waals surface area contributed by atoms with E-state index < -0.39 is 6.04 Å². The van der Waals surface area contributed by atoms with Crippen molar-refractivity contribution < 1.29 is 9.59 Å². The molecule has 0 bridgehead atoms. The summed E-state index contributed by atoms with van der Waals surface area (Å²) in [4.78, 5) is 29.3. The molecule has 2 amide bonds. The summed E-state index contributed by atoms with van der Waals surface area (Å²) >= 11 is 1.67. The van der Waals surface area contributed by atoms with Crippen LogP contribution in [0.2, 0.25) is 0 Å².